The van der Waals surface area contributed by atoms with Gasteiger partial charge in [0.2, 0.25) is 11.8 Å². The van der Waals surface area contributed by atoms with Crippen LogP contribution in [0.25, 0.3) is 0 Å². The minimum absolute atomic E-state index is 0.0264. The van der Waals surface area contributed by atoms with Crippen molar-refractivity contribution in [2.45, 2.75) is 31.5 Å². The number of rotatable bonds is 5. The molecule has 3 N–H and O–H groups in total. The second-order valence-corrected chi connectivity index (χ2v) is 6.15. The number of aliphatic hydroxyl groups excluding tert-OH is 1. The summed E-state index contributed by atoms with van der Waals surface area (Å²) in [5, 5.41) is 23.1. The average molecular weight is 336 g/mol. The fraction of sp³-hybridized carbons (Fsp3) is 0.529. The smallest absolute Gasteiger partial charge is 0.227 e. The Morgan fingerprint density at radius 1 is 1.46 bits per heavy atom. The molecule has 0 bridgehead atoms. The Kier molecular flexibility index (Phi) is 5.80. The molecular weight excluding hydrogens is 312 g/mol. The van der Waals surface area contributed by atoms with Crippen LogP contribution in [-0.4, -0.2) is 65.4 Å². The molecule has 7 nitrogen and oxygen atoms in total. The van der Waals surface area contributed by atoms with E-state index in [0.29, 0.717) is 12.3 Å². The Morgan fingerprint density at radius 3 is 2.83 bits per heavy atom. The van der Waals surface area contributed by atoms with Gasteiger partial charge in [0.1, 0.15) is 17.5 Å². The van der Waals surface area contributed by atoms with Gasteiger partial charge >= 0.3 is 0 Å². The van der Waals surface area contributed by atoms with E-state index < -0.39 is 11.7 Å². The zero-order valence-electron chi connectivity index (χ0n) is 14.0. The van der Waals surface area contributed by atoms with Gasteiger partial charge in [-0.05, 0) is 24.1 Å². The summed E-state index contributed by atoms with van der Waals surface area (Å²) in [6.45, 7) is 1.69. The van der Waals surface area contributed by atoms with Crippen LogP contribution in [0.5, 0.6) is 5.75 Å². The molecule has 2 rings (SSSR count). The summed E-state index contributed by atoms with van der Waals surface area (Å²) < 4.78 is 5.14. The lowest BCUT2D eigenvalue weighted by Crippen LogP contribution is -2.61. The highest BCUT2D eigenvalue weighted by atomic mass is 16.5. The van der Waals surface area contributed by atoms with Crippen LogP contribution < -0.4 is 10.1 Å². The number of nitrogens with zero attached hydrogens (tertiary/aromatic N) is 1. The van der Waals surface area contributed by atoms with Gasteiger partial charge in [-0.25, -0.2) is 0 Å². The molecule has 7 heteroatoms. The van der Waals surface area contributed by atoms with Gasteiger partial charge in [-0.1, -0.05) is 12.1 Å². The summed E-state index contributed by atoms with van der Waals surface area (Å²) in [5.41, 5.74) is -0.578. The Labute approximate surface area is 141 Å². The number of hydrogen-bond donors (Lipinski definition) is 3. The SMILES string of the molecule is COc1cccc(CC(=O)N2CC[C@@](O)(CNC(C)=O)[C@H](O)C2)c1. The van der Waals surface area contributed by atoms with Crippen LogP contribution in [0.3, 0.4) is 0 Å². The number of methoxy groups -OCH3 is 1. The number of piperidine rings is 1. The zero-order chi connectivity index (χ0) is 17.7. The largest absolute Gasteiger partial charge is 0.497 e. The molecule has 0 radical (unpaired) electrons. The lowest BCUT2D eigenvalue weighted by atomic mass is 9.88. The maximum atomic E-state index is 12.4. The number of β-amino-alcohol motifs (C(OH)–C–C–N with tert-alkyl or cyclic N) is 1. The minimum Gasteiger partial charge on any atom is -0.497 e. The predicted octanol–water partition coefficient (Wildman–Crippen LogP) is -0.302. The molecule has 1 aromatic carbocycles. The highest BCUT2D eigenvalue weighted by Gasteiger charge is 2.41. The van der Waals surface area contributed by atoms with Crippen LogP contribution in [0.15, 0.2) is 24.3 Å². The lowest BCUT2D eigenvalue weighted by molar-refractivity contribution is -0.149. The quantitative estimate of drug-likeness (QED) is 0.685. The van der Waals surface area contributed by atoms with E-state index in [-0.39, 0.29) is 37.7 Å². The number of aliphatic hydroxyl groups is 2. The zero-order valence-corrected chi connectivity index (χ0v) is 14.0. The first-order valence-corrected chi connectivity index (χ1v) is 7.89. The van der Waals surface area contributed by atoms with E-state index in [1.165, 1.54) is 11.8 Å². The number of ether oxygens (including phenoxy) is 1. The normalized spacial score (nSPS) is 23.7. The van der Waals surface area contributed by atoms with Crippen molar-refractivity contribution in [3.05, 3.63) is 29.8 Å². The van der Waals surface area contributed by atoms with E-state index in [9.17, 15) is 19.8 Å². The Balaban J connectivity index is 1.94. The molecule has 1 aliphatic rings. The van der Waals surface area contributed by atoms with Crippen LogP contribution in [0.4, 0.5) is 0 Å². The Morgan fingerprint density at radius 2 is 2.21 bits per heavy atom. The van der Waals surface area contributed by atoms with Gasteiger partial charge in [-0.15, -0.1) is 0 Å². The van der Waals surface area contributed by atoms with E-state index in [2.05, 4.69) is 5.32 Å². The fourth-order valence-corrected chi connectivity index (χ4v) is 2.74. The highest BCUT2D eigenvalue weighted by molar-refractivity contribution is 5.79. The predicted molar refractivity (Wildman–Crippen MR) is 87.5 cm³/mol. The molecule has 1 aromatic rings. The first-order chi connectivity index (χ1) is 11.3. The van der Waals surface area contributed by atoms with Crippen LogP contribution in [0, 0.1) is 0 Å². The van der Waals surface area contributed by atoms with Crippen molar-refractivity contribution in [1.82, 2.24) is 10.2 Å². The molecule has 1 saturated heterocycles. The van der Waals surface area contributed by atoms with Crippen molar-refractivity contribution >= 4 is 11.8 Å². The van der Waals surface area contributed by atoms with E-state index in [4.69, 9.17) is 4.74 Å². The van der Waals surface area contributed by atoms with Gasteiger partial charge in [-0.2, -0.15) is 0 Å². The van der Waals surface area contributed by atoms with Gasteiger partial charge in [0.05, 0.1) is 13.5 Å². The second kappa shape index (κ2) is 7.63. The van der Waals surface area contributed by atoms with Crippen LogP contribution >= 0.6 is 0 Å². The average Bonchev–Trinajstić information content (AvgIpc) is 2.56. The summed E-state index contributed by atoms with van der Waals surface area (Å²) >= 11 is 0. The molecule has 24 heavy (non-hydrogen) atoms. The van der Waals surface area contributed by atoms with Gasteiger partial charge in [0.25, 0.3) is 0 Å². The monoisotopic (exact) mass is 336 g/mol. The first-order valence-electron chi connectivity index (χ1n) is 7.89. The van der Waals surface area contributed by atoms with Crippen LogP contribution in [-0.2, 0) is 16.0 Å². The topological polar surface area (TPSA) is 99.1 Å². The van der Waals surface area contributed by atoms with Crippen LogP contribution in [0.1, 0.15) is 18.9 Å². The number of hydrogen-bond acceptors (Lipinski definition) is 5. The number of likely N-dealkylation sites (tertiary alicyclic amines) is 1. The third-order valence-electron chi connectivity index (χ3n) is 4.31. The molecular formula is C17H24N2O5. The molecule has 1 fully saturated rings. The van der Waals surface area contributed by atoms with E-state index in [1.807, 2.05) is 12.1 Å². The van der Waals surface area contributed by atoms with Gasteiger partial charge < -0.3 is 25.2 Å². The molecule has 0 saturated carbocycles. The molecule has 0 unspecified atom stereocenters. The van der Waals surface area contributed by atoms with Crippen molar-refractivity contribution in [3.63, 3.8) is 0 Å². The minimum atomic E-state index is -1.40. The number of nitrogens with one attached hydrogen (secondary N) is 1. The number of carbonyl (C=O) groups is 2. The maximum absolute atomic E-state index is 12.4. The molecule has 2 amide bonds. The van der Waals surface area contributed by atoms with Crippen LogP contribution in [0.2, 0.25) is 0 Å². The van der Waals surface area contributed by atoms with Gasteiger partial charge in [0, 0.05) is 26.6 Å². The van der Waals surface area contributed by atoms with Crippen molar-refractivity contribution in [2.75, 3.05) is 26.7 Å². The fourth-order valence-electron chi connectivity index (χ4n) is 2.74. The Bertz CT molecular complexity index is 606. The molecule has 1 heterocycles. The third-order valence-corrected chi connectivity index (χ3v) is 4.31. The molecule has 0 aliphatic carbocycles. The second-order valence-electron chi connectivity index (χ2n) is 6.15. The Hall–Kier alpha value is -2.12. The summed E-state index contributed by atoms with van der Waals surface area (Å²) in [6.07, 6.45) is -0.695. The summed E-state index contributed by atoms with van der Waals surface area (Å²) in [4.78, 5) is 24.9. The van der Waals surface area contributed by atoms with Crippen molar-refractivity contribution in [1.29, 1.82) is 0 Å². The molecule has 0 spiro atoms. The lowest BCUT2D eigenvalue weighted by Gasteiger charge is -2.42. The molecule has 0 aromatic heterocycles. The van der Waals surface area contributed by atoms with E-state index >= 15 is 0 Å². The number of amides is 2. The molecule has 132 valence electrons. The standard InChI is InChI=1S/C17H24N2O5/c1-12(20)18-11-17(23)6-7-19(10-15(17)21)16(22)9-13-4-3-5-14(8-13)24-2/h3-5,8,15,21,23H,6-7,9-11H2,1-2H3,(H,18,20)/t15-,17-/m1/s1. The highest BCUT2D eigenvalue weighted by Crippen LogP contribution is 2.23. The van der Waals surface area contributed by atoms with E-state index in [0.717, 1.165) is 5.56 Å². The van der Waals surface area contributed by atoms with Crippen molar-refractivity contribution < 1.29 is 24.5 Å². The van der Waals surface area contributed by atoms with Gasteiger partial charge in [-0.3, -0.25) is 9.59 Å². The van der Waals surface area contributed by atoms with E-state index in [1.54, 1.807) is 19.2 Å². The first kappa shape index (κ1) is 18.2. The summed E-state index contributed by atoms with van der Waals surface area (Å²) in [6, 6.07) is 7.26. The maximum Gasteiger partial charge on any atom is 0.227 e. The molecule has 2 atom stereocenters. The van der Waals surface area contributed by atoms with Crippen molar-refractivity contribution in [2.24, 2.45) is 0 Å². The number of benzene rings is 1. The molecule has 1 aliphatic heterocycles. The van der Waals surface area contributed by atoms with Gasteiger partial charge in [0.15, 0.2) is 0 Å². The number of carbonyl (C=O) groups excluding carboxylic acids is 2. The third kappa shape index (κ3) is 4.46. The van der Waals surface area contributed by atoms with Crippen molar-refractivity contribution in [3.8, 4) is 5.75 Å². The summed E-state index contributed by atoms with van der Waals surface area (Å²) in [7, 11) is 1.57. The summed E-state index contributed by atoms with van der Waals surface area (Å²) in [5.74, 6) is 0.291.